The summed E-state index contributed by atoms with van der Waals surface area (Å²) in [6.45, 7) is 1.15. The largest absolute Gasteiger partial charge is 0.495 e. The number of ether oxygens (including phenoxy) is 1. The van der Waals surface area contributed by atoms with Gasteiger partial charge in [0, 0.05) is 32.0 Å². The average molecular weight is 432 g/mol. The van der Waals surface area contributed by atoms with Crippen LogP contribution in [0, 0.1) is 5.92 Å². The second-order valence-electron chi connectivity index (χ2n) is 6.81. The van der Waals surface area contributed by atoms with E-state index in [1.165, 1.54) is 17.5 Å². The number of nitrogens with zero attached hydrogens (tertiary/aromatic N) is 2. The van der Waals surface area contributed by atoms with Crippen LogP contribution in [0.1, 0.15) is 25.7 Å². The molecule has 1 heterocycles. The van der Waals surface area contributed by atoms with Crippen LogP contribution in [0.15, 0.2) is 18.2 Å². The molecule has 0 saturated carbocycles. The van der Waals surface area contributed by atoms with Gasteiger partial charge in [-0.25, -0.2) is 8.42 Å². The fraction of sp³-hybridized carbons (Fsp3) is 0.556. The van der Waals surface area contributed by atoms with Gasteiger partial charge in [-0.05, 0) is 37.5 Å². The fourth-order valence-electron chi connectivity index (χ4n) is 3.24. The monoisotopic (exact) mass is 431 g/mol. The molecule has 1 aromatic carbocycles. The van der Waals surface area contributed by atoms with Crippen LogP contribution in [-0.2, 0) is 19.6 Å². The van der Waals surface area contributed by atoms with Crippen molar-refractivity contribution in [2.24, 2.45) is 11.7 Å². The molecule has 0 unspecified atom stereocenters. The maximum atomic E-state index is 12.4. The molecular weight excluding hydrogens is 406 g/mol. The third kappa shape index (κ3) is 5.75. The number of carbonyl (C=O) groups excluding carboxylic acids is 2. The van der Waals surface area contributed by atoms with E-state index in [1.807, 2.05) is 0 Å². The fourth-order valence-corrected chi connectivity index (χ4v) is 4.45. The molecule has 2 rings (SSSR count). The Morgan fingerprint density at radius 3 is 2.46 bits per heavy atom. The summed E-state index contributed by atoms with van der Waals surface area (Å²) >= 11 is 6.10. The molecule has 2 N–H and O–H groups in total. The predicted octanol–water partition coefficient (Wildman–Crippen LogP) is 1.62. The highest BCUT2D eigenvalue weighted by Crippen LogP contribution is 2.30. The molecule has 0 spiro atoms. The van der Waals surface area contributed by atoms with Gasteiger partial charge < -0.3 is 15.4 Å². The van der Waals surface area contributed by atoms with Crippen molar-refractivity contribution in [2.45, 2.75) is 25.7 Å². The van der Waals surface area contributed by atoms with Crippen LogP contribution in [0.25, 0.3) is 0 Å². The van der Waals surface area contributed by atoms with Crippen molar-refractivity contribution in [3.8, 4) is 5.75 Å². The van der Waals surface area contributed by atoms with E-state index in [0.717, 1.165) is 6.26 Å². The molecule has 0 atom stereocenters. The zero-order valence-electron chi connectivity index (χ0n) is 16.1. The van der Waals surface area contributed by atoms with Gasteiger partial charge in [0.25, 0.3) is 0 Å². The Kier molecular flexibility index (Phi) is 7.54. The lowest BCUT2D eigenvalue weighted by atomic mass is 9.96. The van der Waals surface area contributed by atoms with Gasteiger partial charge in [0.15, 0.2) is 0 Å². The molecule has 28 heavy (non-hydrogen) atoms. The number of amides is 2. The molecule has 1 aliphatic heterocycles. The zero-order chi connectivity index (χ0) is 20.9. The SMILES string of the molecule is COc1ccc(N(CCCC(=O)N2CCC(C(N)=O)CC2)S(C)(=O)=O)cc1Cl. The van der Waals surface area contributed by atoms with Gasteiger partial charge in [0.05, 0.1) is 24.1 Å². The quantitative estimate of drug-likeness (QED) is 0.672. The van der Waals surface area contributed by atoms with Gasteiger partial charge in [-0.2, -0.15) is 0 Å². The highest BCUT2D eigenvalue weighted by atomic mass is 35.5. The molecule has 2 amide bonds. The van der Waals surface area contributed by atoms with Crippen molar-refractivity contribution < 1.29 is 22.7 Å². The van der Waals surface area contributed by atoms with Gasteiger partial charge in [0.1, 0.15) is 5.75 Å². The number of anilines is 1. The number of primary amides is 1. The Morgan fingerprint density at radius 2 is 1.96 bits per heavy atom. The minimum absolute atomic E-state index is 0.0517. The number of hydrogen-bond acceptors (Lipinski definition) is 5. The number of methoxy groups -OCH3 is 1. The van der Waals surface area contributed by atoms with E-state index in [0.29, 0.717) is 48.8 Å². The number of carbonyl (C=O) groups is 2. The highest BCUT2D eigenvalue weighted by Gasteiger charge is 2.26. The smallest absolute Gasteiger partial charge is 0.232 e. The van der Waals surface area contributed by atoms with E-state index in [-0.39, 0.29) is 30.7 Å². The van der Waals surface area contributed by atoms with Crippen LogP contribution in [0.2, 0.25) is 5.02 Å². The second-order valence-corrected chi connectivity index (χ2v) is 9.13. The van der Waals surface area contributed by atoms with Crippen molar-refractivity contribution in [3.05, 3.63) is 23.2 Å². The summed E-state index contributed by atoms with van der Waals surface area (Å²) in [5.74, 6) is -0.101. The summed E-state index contributed by atoms with van der Waals surface area (Å²) in [6.07, 6.45) is 2.84. The maximum Gasteiger partial charge on any atom is 0.232 e. The van der Waals surface area contributed by atoms with Crippen molar-refractivity contribution in [1.29, 1.82) is 0 Å². The molecule has 0 bridgehead atoms. The Hall–Kier alpha value is -2.00. The Labute approximate surface area is 170 Å². The zero-order valence-corrected chi connectivity index (χ0v) is 17.6. The van der Waals surface area contributed by atoms with Gasteiger partial charge in [-0.3, -0.25) is 13.9 Å². The van der Waals surface area contributed by atoms with Gasteiger partial charge in [0.2, 0.25) is 21.8 Å². The number of benzene rings is 1. The van der Waals surface area contributed by atoms with E-state index >= 15 is 0 Å². The van der Waals surface area contributed by atoms with E-state index in [4.69, 9.17) is 22.1 Å². The van der Waals surface area contributed by atoms with E-state index < -0.39 is 10.0 Å². The first kappa shape index (κ1) is 22.3. The van der Waals surface area contributed by atoms with Crippen LogP contribution in [0.3, 0.4) is 0 Å². The number of rotatable bonds is 8. The Balaban J connectivity index is 1.95. The Bertz CT molecular complexity index is 823. The second kappa shape index (κ2) is 9.47. The molecule has 8 nitrogen and oxygen atoms in total. The lowest BCUT2D eigenvalue weighted by molar-refractivity contribution is -0.134. The van der Waals surface area contributed by atoms with Crippen molar-refractivity contribution in [3.63, 3.8) is 0 Å². The molecule has 1 saturated heterocycles. The summed E-state index contributed by atoms with van der Waals surface area (Å²) < 4.78 is 30.7. The minimum atomic E-state index is -3.54. The molecule has 1 aliphatic rings. The number of piperidine rings is 1. The van der Waals surface area contributed by atoms with E-state index in [1.54, 1.807) is 17.0 Å². The number of nitrogens with two attached hydrogens (primary N) is 1. The van der Waals surface area contributed by atoms with Crippen LogP contribution < -0.4 is 14.8 Å². The van der Waals surface area contributed by atoms with Crippen molar-refractivity contribution >= 4 is 39.1 Å². The van der Waals surface area contributed by atoms with Crippen LogP contribution in [-0.4, -0.2) is 58.1 Å². The number of sulfonamides is 1. The summed E-state index contributed by atoms with van der Waals surface area (Å²) in [5, 5.41) is 0.307. The van der Waals surface area contributed by atoms with Crippen LogP contribution in [0.5, 0.6) is 5.75 Å². The topological polar surface area (TPSA) is 110 Å². The van der Waals surface area contributed by atoms with Crippen LogP contribution in [0.4, 0.5) is 5.69 Å². The minimum Gasteiger partial charge on any atom is -0.495 e. The maximum absolute atomic E-state index is 12.4. The molecule has 1 aromatic rings. The Morgan fingerprint density at radius 1 is 1.32 bits per heavy atom. The third-order valence-electron chi connectivity index (χ3n) is 4.83. The lowest BCUT2D eigenvalue weighted by Gasteiger charge is -2.31. The van der Waals surface area contributed by atoms with Crippen LogP contribution >= 0.6 is 11.6 Å². The first-order valence-corrected chi connectivity index (χ1v) is 11.2. The van der Waals surface area contributed by atoms with Crippen molar-refractivity contribution in [2.75, 3.05) is 37.3 Å². The molecule has 0 aliphatic carbocycles. The van der Waals surface area contributed by atoms with Gasteiger partial charge in [-0.1, -0.05) is 11.6 Å². The van der Waals surface area contributed by atoms with E-state index in [2.05, 4.69) is 0 Å². The van der Waals surface area contributed by atoms with Gasteiger partial charge >= 0.3 is 0 Å². The number of likely N-dealkylation sites (tertiary alicyclic amines) is 1. The van der Waals surface area contributed by atoms with E-state index in [9.17, 15) is 18.0 Å². The summed E-state index contributed by atoms with van der Waals surface area (Å²) in [7, 11) is -2.06. The molecular formula is C18H26ClN3O5S. The predicted molar refractivity (Wildman–Crippen MR) is 108 cm³/mol. The number of hydrogen-bond donors (Lipinski definition) is 1. The normalized spacial score (nSPS) is 15.3. The first-order valence-electron chi connectivity index (χ1n) is 9.02. The highest BCUT2D eigenvalue weighted by molar-refractivity contribution is 7.92. The summed E-state index contributed by atoms with van der Waals surface area (Å²) in [5.41, 5.74) is 5.72. The third-order valence-corrected chi connectivity index (χ3v) is 6.31. The molecule has 156 valence electrons. The number of halogens is 1. The summed E-state index contributed by atoms with van der Waals surface area (Å²) in [4.78, 5) is 25.3. The molecule has 0 radical (unpaired) electrons. The van der Waals surface area contributed by atoms with Crippen molar-refractivity contribution in [1.82, 2.24) is 4.90 Å². The molecule has 0 aromatic heterocycles. The average Bonchev–Trinajstić information content (AvgIpc) is 2.64. The molecule has 10 heteroatoms. The standard InChI is InChI=1S/C18H26ClN3O5S/c1-27-16-6-5-14(12-15(16)19)22(28(2,25)26)9-3-4-17(23)21-10-7-13(8-11-21)18(20)24/h5-6,12-13H,3-4,7-11H2,1-2H3,(H2,20,24). The van der Waals surface area contributed by atoms with Gasteiger partial charge in [-0.15, -0.1) is 0 Å². The molecule has 1 fully saturated rings. The summed E-state index contributed by atoms with van der Waals surface area (Å²) in [6, 6.07) is 4.74. The first-order chi connectivity index (χ1) is 13.1. The lowest BCUT2D eigenvalue weighted by Crippen LogP contribution is -2.42.